The van der Waals surface area contributed by atoms with Crippen LogP contribution in [0.2, 0.25) is 0 Å². The van der Waals surface area contributed by atoms with Crippen LogP contribution in [-0.4, -0.2) is 23.3 Å². The predicted octanol–water partition coefficient (Wildman–Crippen LogP) is 2.37. The third-order valence-electron chi connectivity index (χ3n) is 5.05. The van der Waals surface area contributed by atoms with Crippen LogP contribution < -0.4 is 4.74 Å². The van der Waals surface area contributed by atoms with E-state index in [-0.39, 0.29) is 11.8 Å². The molecule has 21 heavy (non-hydrogen) atoms. The minimum Gasteiger partial charge on any atom is -0.481 e. The summed E-state index contributed by atoms with van der Waals surface area (Å²) in [4.78, 5) is 4.52. The zero-order chi connectivity index (χ0) is 15.2. The van der Waals surface area contributed by atoms with E-state index in [4.69, 9.17) is 4.74 Å². The quantitative estimate of drug-likeness (QED) is 0.804. The number of aromatic nitrogens is 1. The number of hydrogen-bond acceptors (Lipinski definition) is 4. The number of rotatable bonds is 1. The standard InChI is InChI=1S/C17H20N2O2/c1-4-12-11-7-14-13(5-6-15(19-14)21-3)17(12,9-18)8-10(2)16(11)20/h4-6,10-11,16,20H,7-8H2,1-3H3. The van der Waals surface area contributed by atoms with Gasteiger partial charge in [-0.25, -0.2) is 4.98 Å². The number of pyridine rings is 1. The number of allylic oxidation sites excluding steroid dienone is 1. The highest BCUT2D eigenvalue weighted by Gasteiger charge is 2.53. The third-order valence-corrected chi connectivity index (χ3v) is 5.05. The average Bonchev–Trinajstić information content (AvgIpc) is 2.51. The first kappa shape index (κ1) is 14.1. The molecular weight excluding hydrogens is 264 g/mol. The number of fused-ring (bicyclic) bond motifs is 4. The summed E-state index contributed by atoms with van der Waals surface area (Å²) in [6.07, 6.45) is 2.90. The van der Waals surface area contributed by atoms with E-state index in [2.05, 4.69) is 11.1 Å². The zero-order valence-corrected chi connectivity index (χ0v) is 12.6. The van der Waals surface area contributed by atoms with Gasteiger partial charge in [0.1, 0.15) is 5.41 Å². The Hall–Kier alpha value is -1.86. The Morgan fingerprint density at radius 1 is 1.52 bits per heavy atom. The zero-order valence-electron chi connectivity index (χ0n) is 12.6. The number of ether oxygens (including phenoxy) is 1. The number of aliphatic hydroxyl groups excluding tert-OH is 1. The Labute approximate surface area is 125 Å². The molecule has 110 valence electrons. The van der Waals surface area contributed by atoms with Crippen molar-refractivity contribution in [3.8, 4) is 11.9 Å². The first-order valence-corrected chi connectivity index (χ1v) is 7.37. The molecule has 4 heteroatoms. The molecule has 0 aliphatic heterocycles. The highest BCUT2D eigenvalue weighted by Crippen LogP contribution is 2.53. The van der Waals surface area contributed by atoms with Gasteiger partial charge < -0.3 is 9.84 Å². The highest BCUT2D eigenvalue weighted by molar-refractivity contribution is 5.53. The minimum atomic E-state index is -0.648. The SMILES string of the molecule is CC=C1C2Cc3nc(OC)ccc3C1(C#N)CC(C)C2O. The Kier molecular flexibility index (Phi) is 3.26. The summed E-state index contributed by atoms with van der Waals surface area (Å²) in [5.41, 5.74) is 2.27. The average molecular weight is 284 g/mol. The van der Waals surface area contributed by atoms with Gasteiger partial charge in [-0.2, -0.15) is 5.26 Å². The molecule has 1 saturated carbocycles. The molecule has 1 aromatic rings. The molecule has 1 fully saturated rings. The Morgan fingerprint density at radius 3 is 2.90 bits per heavy atom. The maximum absolute atomic E-state index is 10.5. The van der Waals surface area contributed by atoms with Crippen molar-refractivity contribution in [1.82, 2.24) is 4.98 Å². The molecule has 4 unspecified atom stereocenters. The van der Waals surface area contributed by atoms with Crippen LogP contribution in [0.5, 0.6) is 5.88 Å². The first-order chi connectivity index (χ1) is 10.1. The van der Waals surface area contributed by atoms with E-state index in [0.717, 1.165) is 16.8 Å². The summed E-state index contributed by atoms with van der Waals surface area (Å²) in [6.45, 7) is 3.98. The number of nitrogens with zero attached hydrogens (tertiary/aromatic N) is 2. The summed E-state index contributed by atoms with van der Waals surface area (Å²) < 4.78 is 5.20. The van der Waals surface area contributed by atoms with Gasteiger partial charge >= 0.3 is 0 Å². The van der Waals surface area contributed by atoms with Crippen molar-refractivity contribution in [3.05, 3.63) is 35.0 Å². The fourth-order valence-electron chi connectivity index (χ4n) is 4.09. The lowest BCUT2D eigenvalue weighted by Gasteiger charge is -2.49. The lowest BCUT2D eigenvalue weighted by Crippen LogP contribution is -2.50. The van der Waals surface area contributed by atoms with Gasteiger partial charge in [0.2, 0.25) is 5.88 Å². The molecule has 0 radical (unpaired) electrons. The van der Waals surface area contributed by atoms with Crippen molar-refractivity contribution >= 4 is 0 Å². The third kappa shape index (κ3) is 1.81. The summed E-state index contributed by atoms with van der Waals surface area (Å²) in [7, 11) is 1.59. The summed E-state index contributed by atoms with van der Waals surface area (Å²) >= 11 is 0. The van der Waals surface area contributed by atoms with Crippen LogP contribution in [-0.2, 0) is 11.8 Å². The van der Waals surface area contributed by atoms with Crippen molar-refractivity contribution < 1.29 is 9.84 Å². The van der Waals surface area contributed by atoms with Gasteiger partial charge in [0.05, 0.1) is 25.0 Å². The molecule has 1 N–H and O–H groups in total. The van der Waals surface area contributed by atoms with Gasteiger partial charge in [-0.15, -0.1) is 0 Å². The molecular formula is C17H20N2O2. The van der Waals surface area contributed by atoms with E-state index in [9.17, 15) is 10.4 Å². The monoisotopic (exact) mass is 284 g/mol. The molecule has 1 heterocycles. The van der Waals surface area contributed by atoms with Crippen molar-refractivity contribution in [2.45, 2.75) is 38.2 Å². The second kappa shape index (κ2) is 4.85. The van der Waals surface area contributed by atoms with Gasteiger partial charge in [0, 0.05) is 12.0 Å². The second-order valence-corrected chi connectivity index (χ2v) is 6.09. The smallest absolute Gasteiger partial charge is 0.213 e. The van der Waals surface area contributed by atoms with E-state index < -0.39 is 11.5 Å². The first-order valence-electron chi connectivity index (χ1n) is 7.37. The van der Waals surface area contributed by atoms with Crippen molar-refractivity contribution in [2.24, 2.45) is 11.8 Å². The predicted molar refractivity (Wildman–Crippen MR) is 78.8 cm³/mol. The van der Waals surface area contributed by atoms with E-state index >= 15 is 0 Å². The van der Waals surface area contributed by atoms with E-state index in [1.807, 2.05) is 32.1 Å². The van der Waals surface area contributed by atoms with Gasteiger partial charge in [-0.1, -0.05) is 13.0 Å². The van der Waals surface area contributed by atoms with Crippen LogP contribution in [0, 0.1) is 23.2 Å². The van der Waals surface area contributed by atoms with Crippen LogP contribution in [0.25, 0.3) is 0 Å². The molecule has 0 aromatic carbocycles. The van der Waals surface area contributed by atoms with Gasteiger partial charge in [-0.05, 0) is 42.9 Å². The molecule has 2 aliphatic carbocycles. The Balaban J connectivity index is 2.25. The highest BCUT2D eigenvalue weighted by atomic mass is 16.5. The molecule has 1 aromatic heterocycles. The molecule has 4 nitrogen and oxygen atoms in total. The van der Waals surface area contributed by atoms with E-state index in [0.29, 0.717) is 18.7 Å². The summed E-state index contributed by atoms with van der Waals surface area (Å²) in [5, 5.41) is 20.5. The molecule has 4 atom stereocenters. The lowest BCUT2D eigenvalue weighted by atomic mass is 9.54. The van der Waals surface area contributed by atoms with Crippen molar-refractivity contribution in [2.75, 3.05) is 7.11 Å². The summed E-state index contributed by atoms with van der Waals surface area (Å²) in [6, 6.07) is 6.32. The number of methoxy groups -OCH3 is 1. The lowest BCUT2D eigenvalue weighted by molar-refractivity contribution is 0.0305. The van der Waals surface area contributed by atoms with Crippen LogP contribution in [0.15, 0.2) is 23.8 Å². The van der Waals surface area contributed by atoms with Crippen molar-refractivity contribution in [3.63, 3.8) is 0 Å². The second-order valence-electron chi connectivity index (χ2n) is 6.09. The molecule has 2 bridgehead atoms. The van der Waals surface area contributed by atoms with Crippen LogP contribution >= 0.6 is 0 Å². The molecule has 0 saturated heterocycles. The number of hydrogen-bond donors (Lipinski definition) is 1. The van der Waals surface area contributed by atoms with Gasteiger partial charge in [0.15, 0.2) is 0 Å². The number of aliphatic hydroxyl groups is 1. The molecule has 0 amide bonds. The maximum Gasteiger partial charge on any atom is 0.213 e. The normalized spacial score (nSPS) is 36.0. The van der Waals surface area contributed by atoms with E-state index in [1.165, 1.54) is 0 Å². The largest absolute Gasteiger partial charge is 0.481 e. The topological polar surface area (TPSA) is 66.1 Å². The van der Waals surface area contributed by atoms with Crippen LogP contribution in [0.1, 0.15) is 31.5 Å². The van der Waals surface area contributed by atoms with Crippen LogP contribution in [0.3, 0.4) is 0 Å². The van der Waals surface area contributed by atoms with E-state index in [1.54, 1.807) is 7.11 Å². The summed E-state index contributed by atoms with van der Waals surface area (Å²) in [5.74, 6) is 0.644. The molecule has 2 aliphatic rings. The minimum absolute atomic E-state index is 0.0227. The molecule has 3 rings (SSSR count). The Bertz CT molecular complexity index is 647. The van der Waals surface area contributed by atoms with Gasteiger partial charge in [0.25, 0.3) is 0 Å². The van der Waals surface area contributed by atoms with Gasteiger partial charge in [-0.3, -0.25) is 0 Å². The van der Waals surface area contributed by atoms with Crippen LogP contribution in [0.4, 0.5) is 0 Å². The number of nitriles is 1. The molecule has 0 spiro atoms. The fourth-order valence-corrected chi connectivity index (χ4v) is 4.09. The fraction of sp³-hybridized carbons (Fsp3) is 0.529. The Morgan fingerprint density at radius 2 is 2.29 bits per heavy atom. The van der Waals surface area contributed by atoms with Crippen molar-refractivity contribution in [1.29, 1.82) is 5.26 Å². The maximum atomic E-state index is 10.5.